The van der Waals surface area contributed by atoms with Crippen molar-refractivity contribution in [3.63, 3.8) is 0 Å². The van der Waals surface area contributed by atoms with Crippen LogP contribution in [0.3, 0.4) is 0 Å². The van der Waals surface area contributed by atoms with E-state index in [0.29, 0.717) is 4.48 Å². The Bertz CT molecular complexity index is 1450. The SMILES string of the molecule is CN(C)c1ccc([P+](OS(=O)(=O)c2ccccc2)(c2ccc(N(C)C)cc2)c2ccc([N+](C)(C)C)cc2)cc1. The van der Waals surface area contributed by atoms with Crippen molar-refractivity contribution in [1.82, 2.24) is 4.48 Å². The van der Waals surface area contributed by atoms with Gasteiger partial charge in [-0.2, -0.15) is 8.42 Å². The van der Waals surface area contributed by atoms with Crippen LogP contribution in [-0.2, 0) is 14.1 Å². The Hall–Kier alpha value is -3.22. The number of anilines is 2. The zero-order valence-corrected chi connectivity index (χ0v) is 25.4. The molecule has 4 aromatic rings. The zero-order valence-electron chi connectivity index (χ0n) is 23.7. The van der Waals surface area contributed by atoms with Crippen molar-refractivity contribution in [1.29, 1.82) is 0 Å². The summed E-state index contributed by atoms with van der Waals surface area (Å²) in [7, 11) is 6.97. The maximum atomic E-state index is 13.9. The minimum atomic E-state index is -4.13. The molecule has 0 bridgehead atoms. The third-order valence-electron chi connectivity index (χ3n) is 6.69. The molecule has 0 N–H and O–H groups in total. The molecule has 0 unspecified atom stereocenters. The first-order chi connectivity index (χ1) is 18.3. The number of benzene rings is 4. The molecule has 6 nitrogen and oxygen atoms in total. The molecule has 0 fully saturated rings. The first-order valence-electron chi connectivity index (χ1n) is 12.7. The minimum Gasteiger partial charge on any atom is -0.378 e. The number of nitrogens with zero attached hydrogens (tertiary/aromatic N) is 3. The van der Waals surface area contributed by atoms with E-state index in [4.69, 9.17) is 3.97 Å². The second-order valence-corrected chi connectivity index (χ2v) is 15.5. The van der Waals surface area contributed by atoms with Crippen LogP contribution in [0, 0.1) is 0 Å². The Morgan fingerprint density at radius 2 is 0.974 bits per heavy atom. The number of rotatable bonds is 9. The first kappa shape index (κ1) is 28.8. The highest BCUT2D eigenvalue weighted by Crippen LogP contribution is 2.59. The lowest BCUT2D eigenvalue weighted by Gasteiger charge is -2.27. The van der Waals surface area contributed by atoms with Crippen LogP contribution in [0.1, 0.15) is 0 Å². The highest BCUT2D eigenvalue weighted by molar-refractivity contribution is 8.01. The molecule has 0 heterocycles. The van der Waals surface area contributed by atoms with Gasteiger partial charge in [-0.1, -0.05) is 22.2 Å². The summed E-state index contributed by atoms with van der Waals surface area (Å²) >= 11 is 0. The van der Waals surface area contributed by atoms with Gasteiger partial charge in [0.15, 0.2) is 0 Å². The van der Waals surface area contributed by atoms with Crippen LogP contribution >= 0.6 is 7.49 Å². The molecule has 0 radical (unpaired) electrons. The standard InChI is InChI=1S/C31H38N3O3PS/c1-32(2)25-13-19-28(20-14-25)38(29-21-15-26(16-22-29)33(3)4,30-23-17-27(18-24-30)34(5,6)7)37-39(35,36)31-11-9-8-10-12-31/h8-24H,1-7H3/q+2. The topological polar surface area (TPSA) is 49.9 Å². The lowest BCUT2D eigenvalue weighted by atomic mass is 10.3. The summed E-state index contributed by atoms with van der Waals surface area (Å²) in [6, 6.07) is 32.6. The number of hydrogen-bond donors (Lipinski definition) is 0. The molecule has 0 saturated carbocycles. The smallest absolute Gasteiger partial charge is 0.329 e. The summed E-state index contributed by atoms with van der Waals surface area (Å²) in [5, 5.41) is 2.47. The maximum absolute atomic E-state index is 13.9. The van der Waals surface area contributed by atoms with E-state index >= 15 is 0 Å². The first-order valence-corrected chi connectivity index (χ1v) is 15.8. The molecule has 0 aliphatic rings. The summed E-state index contributed by atoms with van der Waals surface area (Å²) in [5.41, 5.74) is 3.14. The fourth-order valence-corrected chi connectivity index (χ4v) is 10.0. The van der Waals surface area contributed by atoms with E-state index in [-0.39, 0.29) is 4.90 Å². The molecule has 0 atom stereocenters. The summed E-state index contributed by atoms with van der Waals surface area (Å²) in [6.07, 6.45) is 0. The van der Waals surface area contributed by atoms with Gasteiger partial charge >= 0.3 is 10.1 Å². The van der Waals surface area contributed by atoms with Gasteiger partial charge in [-0.25, -0.2) is 0 Å². The van der Waals surface area contributed by atoms with Crippen molar-refractivity contribution in [2.24, 2.45) is 0 Å². The van der Waals surface area contributed by atoms with Crippen molar-refractivity contribution in [2.45, 2.75) is 4.90 Å². The van der Waals surface area contributed by atoms with Crippen LogP contribution in [0.2, 0.25) is 0 Å². The lowest BCUT2D eigenvalue weighted by molar-refractivity contribution is 0.486. The van der Waals surface area contributed by atoms with Gasteiger partial charge in [0, 0.05) is 51.7 Å². The quantitative estimate of drug-likeness (QED) is 0.220. The molecule has 8 heteroatoms. The Labute approximate surface area is 234 Å². The summed E-state index contributed by atoms with van der Waals surface area (Å²) in [6.45, 7) is 0. The van der Waals surface area contributed by atoms with Gasteiger partial charge in [0.05, 0.1) is 26.0 Å². The average molecular weight is 564 g/mol. The van der Waals surface area contributed by atoms with Crippen LogP contribution in [-0.4, -0.2) is 57.8 Å². The molecular formula is C31H38N3O3PS+2. The molecule has 4 rings (SSSR count). The Morgan fingerprint density at radius 3 is 1.33 bits per heavy atom. The van der Waals surface area contributed by atoms with E-state index in [1.165, 1.54) is 0 Å². The van der Waals surface area contributed by atoms with E-state index in [9.17, 15) is 8.42 Å². The van der Waals surface area contributed by atoms with Crippen molar-refractivity contribution in [2.75, 3.05) is 59.1 Å². The van der Waals surface area contributed by atoms with Gasteiger partial charge in [-0.3, -0.25) is 4.48 Å². The third-order valence-corrected chi connectivity index (χ3v) is 12.3. The minimum absolute atomic E-state index is 0.132. The zero-order chi connectivity index (χ0) is 28.4. The van der Waals surface area contributed by atoms with Crippen molar-refractivity contribution in [3.8, 4) is 0 Å². The Morgan fingerprint density at radius 1 is 0.590 bits per heavy atom. The second-order valence-electron chi connectivity index (χ2n) is 10.8. The largest absolute Gasteiger partial charge is 0.378 e. The van der Waals surface area contributed by atoms with Crippen molar-refractivity contribution < 1.29 is 12.4 Å². The predicted molar refractivity (Wildman–Crippen MR) is 168 cm³/mol. The van der Waals surface area contributed by atoms with E-state index in [2.05, 4.69) is 33.3 Å². The van der Waals surface area contributed by atoms with Gasteiger partial charge in [-0.15, -0.1) is 0 Å². The second kappa shape index (κ2) is 11.1. The van der Waals surface area contributed by atoms with Crippen LogP contribution in [0.25, 0.3) is 0 Å². The van der Waals surface area contributed by atoms with Crippen LogP contribution in [0.15, 0.2) is 108 Å². The normalized spacial score (nSPS) is 12.3. The summed E-state index contributed by atoms with van der Waals surface area (Å²) < 4.78 is 35.1. The summed E-state index contributed by atoms with van der Waals surface area (Å²) in [5.74, 6) is 0. The van der Waals surface area contributed by atoms with E-state index in [1.54, 1.807) is 30.3 Å². The molecule has 0 aliphatic heterocycles. The maximum Gasteiger partial charge on any atom is 0.329 e. The van der Waals surface area contributed by atoms with Gasteiger partial charge in [0.1, 0.15) is 21.6 Å². The number of quaternary nitrogens is 1. The van der Waals surface area contributed by atoms with Crippen molar-refractivity contribution >= 4 is 50.6 Å². The van der Waals surface area contributed by atoms with Crippen LogP contribution < -0.4 is 30.2 Å². The molecule has 0 spiro atoms. The highest BCUT2D eigenvalue weighted by atomic mass is 32.2. The van der Waals surface area contributed by atoms with Gasteiger partial charge < -0.3 is 9.80 Å². The number of hydrogen-bond acceptors (Lipinski definition) is 5. The molecule has 204 valence electrons. The summed E-state index contributed by atoms with van der Waals surface area (Å²) in [4.78, 5) is 4.17. The van der Waals surface area contributed by atoms with Gasteiger partial charge in [0.25, 0.3) is 7.49 Å². The van der Waals surface area contributed by atoms with Gasteiger partial charge in [-0.05, 0) is 72.8 Å². The average Bonchev–Trinajstić information content (AvgIpc) is 2.92. The molecule has 0 saturated heterocycles. The molecule has 0 aromatic heterocycles. The van der Waals surface area contributed by atoms with Crippen LogP contribution in [0.5, 0.6) is 0 Å². The monoisotopic (exact) mass is 563 g/mol. The predicted octanol–water partition coefficient (Wildman–Crippen LogP) is 4.63. The Balaban J connectivity index is 2.03. The molecule has 39 heavy (non-hydrogen) atoms. The van der Waals surface area contributed by atoms with Crippen LogP contribution in [0.4, 0.5) is 17.1 Å². The molecule has 0 amide bonds. The lowest BCUT2D eigenvalue weighted by Crippen LogP contribution is -2.37. The molecule has 0 aliphatic carbocycles. The van der Waals surface area contributed by atoms with E-state index in [1.807, 2.05) is 98.7 Å². The fraction of sp³-hybridized carbons (Fsp3) is 0.226. The highest BCUT2D eigenvalue weighted by Gasteiger charge is 2.53. The third kappa shape index (κ3) is 6.02. The Kier molecular flexibility index (Phi) is 8.20. The molecule has 4 aromatic carbocycles. The van der Waals surface area contributed by atoms with E-state index in [0.717, 1.165) is 33.0 Å². The fourth-order valence-electron chi connectivity index (χ4n) is 4.38. The van der Waals surface area contributed by atoms with Gasteiger partial charge in [0.2, 0.25) is 0 Å². The van der Waals surface area contributed by atoms with E-state index < -0.39 is 17.6 Å². The molecular weight excluding hydrogens is 525 g/mol. The van der Waals surface area contributed by atoms with Crippen molar-refractivity contribution in [3.05, 3.63) is 103 Å².